The predicted molar refractivity (Wildman–Crippen MR) is 76.7 cm³/mol. The summed E-state index contributed by atoms with van der Waals surface area (Å²) in [6.07, 6.45) is 2.50. The lowest BCUT2D eigenvalue weighted by atomic mass is 10.2. The number of carbonyl (C=O) groups excluding carboxylic acids is 1. The molecule has 19 heavy (non-hydrogen) atoms. The molecule has 0 aromatic heterocycles. The number of nitrogens with zero attached hydrogens (tertiary/aromatic N) is 1. The molecule has 1 aromatic carbocycles. The first-order valence-corrected chi connectivity index (χ1v) is 7.39. The maximum atomic E-state index is 13.7. The third-order valence-electron chi connectivity index (χ3n) is 3.35. The minimum Gasteiger partial charge on any atom is -0.351 e. The number of amides is 1. The van der Waals surface area contributed by atoms with Crippen molar-refractivity contribution in [2.24, 2.45) is 0 Å². The fourth-order valence-electron chi connectivity index (χ4n) is 2.13. The maximum Gasteiger partial charge on any atom is 0.254 e. The molecule has 104 valence electrons. The van der Waals surface area contributed by atoms with Crippen LogP contribution >= 0.6 is 15.9 Å². The quantitative estimate of drug-likeness (QED) is 0.870. The zero-order valence-electron chi connectivity index (χ0n) is 11.0. The second kappa shape index (κ2) is 6.48. The van der Waals surface area contributed by atoms with Gasteiger partial charge in [0.05, 0.1) is 10.0 Å². The number of benzene rings is 1. The molecule has 1 fully saturated rings. The number of halogens is 2. The van der Waals surface area contributed by atoms with E-state index in [1.165, 1.54) is 18.9 Å². The molecule has 1 aliphatic rings. The summed E-state index contributed by atoms with van der Waals surface area (Å²) < 4.78 is 14.0. The van der Waals surface area contributed by atoms with E-state index < -0.39 is 5.82 Å². The Morgan fingerprint density at radius 2 is 2.26 bits per heavy atom. The van der Waals surface area contributed by atoms with Crippen molar-refractivity contribution < 1.29 is 9.18 Å². The highest BCUT2D eigenvalue weighted by molar-refractivity contribution is 9.10. The van der Waals surface area contributed by atoms with E-state index in [0.717, 1.165) is 13.1 Å². The molecule has 0 unspecified atom stereocenters. The first-order chi connectivity index (χ1) is 9.13. The Balaban J connectivity index is 1.85. The molecule has 2 rings (SSSR count). The Kier molecular flexibility index (Phi) is 4.93. The predicted octanol–water partition coefficient (Wildman–Crippen LogP) is 2.80. The summed E-state index contributed by atoms with van der Waals surface area (Å²) in [5, 5.41) is 2.77. The monoisotopic (exact) mass is 328 g/mol. The highest BCUT2D eigenvalue weighted by atomic mass is 79.9. The Labute approximate surface area is 121 Å². The Morgan fingerprint density at radius 1 is 1.53 bits per heavy atom. The lowest BCUT2D eigenvalue weighted by Crippen LogP contribution is -2.36. The van der Waals surface area contributed by atoms with Crippen LogP contribution in [0.15, 0.2) is 22.7 Å². The molecule has 0 spiro atoms. The molecule has 3 nitrogen and oxygen atoms in total. The van der Waals surface area contributed by atoms with E-state index in [0.29, 0.717) is 17.1 Å². The van der Waals surface area contributed by atoms with Crippen molar-refractivity contribution in [3.8, 4) is 0 Å². The third-order valence-corrected chi connectivity index (χ3v) is 3.96. The molecule has 5 heteroatoms. The van der Waals surface area contributed by atoms with Gasteiger partial charge < -0.3 is 5.32 Å². The summed E-state index contributed by atoms with van der Waals surface area (Å²) in [6, 6.07) is 5.42. The van der Waals surface area contributed by atoms with E-state index >= 15 is 0 Å². The van der Waals surface area contributed by atoms with Gasteiger partial charge in [0.2, 0.25) is 0 Å². The number of rotatable bonds is 6. The van der Waals surface area contributed by atoms with Crippen molar-refractivity contribution in [1.82, 2.24) is 10.2 Å². The minimum atomic E-state index is -0.505. The van der Waals surface area contributed by atoms with Crippen LogP contribution in [0.1, 0.15) is 30.1 Å². The first-order valence-electron chi connectivity index (χ1n) is 6.59. The fourth-order valence-corrected chi connectivity index (χ4v) is 2.49. The zero-order chi connectivity index (χ0) is 13.8. The Hall–Kier alpha value is -0.940. The lowest BCUT2D eigenvalue weighted by molar-refractivity contribution is 0.0944. The average molecular weight is 329 g/mol. The van der Waals surface area contributed by atoms with Crippen LogP contribution in [0, 0.1) is 5.82 Å². The van der Waals surface area contributed by atoms with Gasteiger partial charge in [0.15, 0.2) is 0 Å². The molecular formula is C14H18BrFN2O. The number of likely N-dealkylation sites (N-methyl/N-ethyl adjacent to an activating group) is 1. The summed E-state index contributed by atoms with van der Waals surface area (Å²) in [5.74, 6) is -0.861. The van der Waals surface area contributed by atoms with Gasteiger partial charge in [-0.25, -0.2) is 4.39 Å². The van der Waals surface area contributed by atoms with Crippen LogP contribution in [0.4, 0.5) is 4.39 Å². The smallest absolute Gasteiger partial charge is 0.254 e. The molecule has 1 aromatic rings. The summed E-state index contributed by atoms with van der Waals surface area (Å²) in [4.78, 5) is 14.2. The third kappa shape index (κ3) is 3.76. The van der Waals surface area contributed by atoms with E-state index in [4.69, 9.17) is 0 Å². The summed E-state index contributed by atoms with van der Waals surface area (Å²) in [7, 11) is 0. The molecular weight excluding hydrogens is 311 g/mol. The van der Waals surface area contributed by atoms with Gasteiger partial charge in [-0.15, -0.1) is 0 Å². The standard InChI is InChI=1S/C14H18BrFN2O/c1-2-18(10-6-7-10)9-8-17-14(19)11-4-3-5-12(15)13(11)16/h3-5,10H,2,6-9H2,1H3,(H,17,19). The molecule has 0 atom stereocenters. The molecule has 1 saturated carbocycles. The SMILES string of the molecule is CCN(CCNC(=O)c1cccc(Br)c1F)C1CC1. The van der Waals surface area contributed by atoms with E-state index in [9.17, 15) is 9.18 Å². The zero-order valence-corrected chi connectivity index (χ0v) is 12.5. The van der Waals surface area contributed by atoms with Crippen LogP contribution < -0.4 is 5.32 Å². The Morgan fingerprint density at radius 3 is 2.89 bits per heavy atom. The van der Waals surface area contributed by atoms with Gasteiger partial charge in [-0.05, 0) is 47.4 Å². The van der Waals surface area contributed by atoms with E-state index in [1.54, 1.807) is 12.1 Å². The van der Waals surface area contributed by atoms with Crippen molar-refractivity contribution in [2.45, 2.75) is 25.8 Å². The van der Waals surface area contributed by atoms with Crippen molar-refractivity contribution in [3.05, 3.63) is 34.1 Å². The summed E-state index contributed by atoms with van der Waals surface area (Å²) in [5.41, 5.74) is 0.0869. The van der Waals surface area contributed by atoms with Gasteiger partial charge in [0, 0.05) is 19.1 Å². The van der Waals surface area contributed by atoms with Crippen molar-refractivity contribution >= 4 is 21.8 Å². The van der Waals surface area contributed by atoms with Crippen LogP contribution in [-0.4, -0.2) is 36.5 Å². The van der Waals surface area contributed by atoms with Crippen molar-refractivity contribution in [1.29, 1.82) is 0 Å². The van der Waals surface area contributed by atoms with E-state index in [2.05, 4.69) is 33.1 Å². The number of carbonyl (C=O) groups is 1. The molecule has 1 aliphatic carbocycles. The number of nitrogens with one attached hydrogen (secondary N) is 1. The van der Waals surface area contributed by atoms with Crippen LogP contribution in [0.25, 0.3) is 0 Å². The maximum absolute atomic E-state index is 13.7. The highest BCUT2D eigenvalue weighted by Gasteiger charge is 2.27. The molecule has 0 bridgehead atoms. The minimum absolute atomic E-state index is 0.0869. The Bertz CT molecular complexity index is 463. The van der Waals surface area contributed by atoms with Gasteiger partial charge in [0.25, 0.3) is 5.91 Å². The van der Waals surface area contributed by atoms with E-state index in [1.807, 2.05) is 0 Å². The second-order valence-corrected chi connectivity index (χ2v) is 5.57. The summed E-state index contributed by atoms with van der Waals surface area (Å²) in [6.45, 7) is 4.48. The van der Waals surface area contributed by atoms with Crippen LogP contribution in [0.3, 0.4) is 0 Å². The van der Waals surface area contributed by atoms with Gasteiger partial charge >= 0.3 is 0 Å². The fraction of sp³-hybridized carbons (Fsp3) is 0.500. The van der Waals surface area contributed by atoms with Gasteiger partial charge in [-0.2, -0.15) is 0 Å². The van der Waals surface area contributed by atoms with Gasteiger partial charge in [0.1, 0.15) is 5.82 Å². The normalized spacial score (nSPS) is 14.7. The molecule has 0 radical (unpaired) electrons. The highest BCUT2D eigenvalue weighted by Crippen LogP contribution is 2.25. The van der Waals surface area contributed by atoms with Crippen LogP contribution in [-0.2, 0) is 0 Å². The number of hydrogen-bond acceptors (Lipinski definition) is 2. The second-order valence-electron chi connectivity index (χ2n) is 4.72. The van der Waals surface area contributed by atoms with Crippen molar-refractivity contribution in [2.75, 3.05) is 19.6 Å². The topological polar surface area (TPSA) is 32.3 Å². The molecule has 0 saturated heterocycles. The number of hydrogen-bond donors (Lipinski definition) is 1. The van der Waals surface area contributed by atoms with Gasteiger partial charge in [-0.1, -0.05) is 13.0 Å². The van der Waals surface area contributed by atoms with Gasteiger partial charge in [-0.3, -0.25) is 9.69 Å². The largest absolute Gasteiger partial charge is 0.351 e. The van der Waals surface area contributed by atoms with Crippen LogP contribution in [0.5, 0.6) is 0 Å². The summed E-state index contributed by atoms with van der Waals surface area (Å²) >= 11 is 3.08. The van der Waals surface area contributed by atoms with Crippen LogP contribution in [0.2, 0.25) is 0 Å². The lowest BCUT2D eigenvalue weighted by Gasteiger charge is -2.19. The molecule has 0 heterocycles. The average Bonchev–Trinajstić information content (AvgIpc) is 3.22. The van der Waals surface area contributed by atoms with Crippen molar-refractivity contribution in [3.63, 3.8) is 0 Å². The first kappa shape index (κ1) is 14.5. The molecule has 1 N–H and O–H groups in total. The van der Waals surface area contributed by atoms with E-state index in [-0.39, 0.29) is 11.5 Å². The molecule has 0 aliphatic heterocycles. The molecule has 1 amide bonds.